The summed E-state index contributed by atoms with van der Waals surface area (Å²) in [6.07, 6.45) is 16.5. The summed E-state index contributed by atoms with van der Waals surface area (Å²) in [4.78, 5) is 0. The molecule has 6 heteroatoms. The zero-order valence-electron chi connectivity index (χ0n) is 17.7. The van der Waals surface area contributed by atoms with Gasteiger partial charge in [-0.05, 0) is 25.7 Å². The minimum Gasteiger partial charge on any atom is -0.393 e. The van der Waals surface area contributed by atoms with Crippen LogP contribution in [0.3, 0.4) is 0 Å². The van der Waals surface area contributed by atoms with Crippen LogP contribution in [0.15, 0.2) is 0 Å². The van der Waals surface area contributed by atoms with Crippen LogP contribution in [-0.2, 0) is 0 Å². The maximum atomic E-state index is 10.2. The van der Waals surface area contributed by atoms with Gasteiger partial charge in [0.25, 0.3) is 0 Å². The van der Waals surface area contributed by atoms with Crippen LogP contribution < -0.4 is 0 Å². The molecular formula is C22H42Cl4O2. The van der Waals surface area contributed by atoms with Crippen LogP contribution in [0.25, 0.3) is 0 Å². The van der Waals surface area contributed by atoms with Gasteiger partial charge in [-0.25, -0.2) is 0 Å². The number of alkyl halides is 4. The van der Waals surface area contributed by atoms with E-state index >= 15 is 0 Å². The van der Waals surface area contributed by atoms with Crippen LogP contribution >= 0.6 is 46.4 Å². The van der Waals surface area contributed by atoms with Crippen LogP contribution in [0.2, 0.25) is 0 Å². The molecule has 28 heavy (non-hydrogen) atoms. The Bertz CT molecular complexity index is 342. The van der Waals surface area contributed by atoms with E-state index in [1.807, 2.05) is 0 Å². The van der Waals surface area contributed by atoms with Crippen LogP contribution in [0.1, 0.15) is 110 Å². The molecule has 0 aliphatic heterocycles. The van der Waals surface area contributed by atoms with Crippen molar-refractivity contribution >= 4 is 46.4 Å². The zero-order chi connectivity index (χ0) is 21.3. The van der Waals surface area contributed by atoms with Gasteiger partial charge in [0.2, 0.25) is 0 Å². The third-order valence-corrected chi connectivity index (χ3v) is 6.78. The van der Waals surface area contributed by atoms with Gasteiger partial charge in [-0.3, -0.25) is 0 Å². The topological polar surface area (TPSA) is 40.5 Å². The van der Waals surface area contributed by atoms with Gasteiger partial charge in [0, 0.05) is 5.38 Å². The molecule has 0 aromatic heterocycles. The number of aliphatic hydroxyl groups excluding tert-OH is 2. The first-order valence-corrected chi connectivity index (χ1v) is 12.9. The molecule has 2 N–H and O–H groups in total. The molecule has 0 aromatic carbocycles. The van der Waals surface area contributed by atoms with Crippen LogP contribution in [0, 0.1) is 0 Å². The predicted molar refractivity (Wildman–Crippen MR) is 126 cm³/mol. The van der Waals surface area contributed by atoms with Crippen molar-refractivity contribution in [3.63, 3.8) is 0 Å². The average Bonchev–Trinajstić information content (AvgIpc) is 2.66. The van der Waals surface area contributed by atoms with Crippen molar-refractivity contribution in [2.75, 3.05) is 6.61 Å². The molecule has 0 saturated heterocycles. The highest BCUT2D eigenvalue weighted by Crippen LogP contribution is 2.27. The lowest BCUT2D eigenvalue weighted by atomic mass is 10.0. The SMILES string of the molecule is CCCCCCCC[C@@H](O)[C@H](Cl)C[C@@H](Cl)CCCCCCCCC(Cl)(Cl)CO. The Balaban J connectivity index is 3.57. The van der Waals surface area contributed by atoms with E-state index in [1.54, 1.807) is 0 Å². The van der Waals surface area contributed by atoms with Crippen molar-refractivity contribution in [3.8, 4) is 0 Å². The first-order chi connectivity index (χ1) is 13.3. The molecule has 3 atom stereocenters. The molecule has 0 aliphatic carbocycles. The summed E-state index contributed by atoms with van der Waals surface area (Å²) < 4.78 is -0.983. The molecule has 0 bridgehead atoms. The van der Waals surface area contributed by atoms with Gasteiger partial charge >= 0.3 is 0 Å². The number of aliphatic hydroxyl groups is 2. The molecule has 0 unspecified atom stereocenters. The molecule has 0 rings (SSSR count). The number of halogens is 4. The second-order valence-corrected chi connectivity index (χ2v) is 11.0. The fourth-order valence-electron chi connectivity index (χ4n) is 3.37. The van der Waals surface area contributed by atoms with Crippen molar-refractivity contribution in [2.24, 2.45) is 0 Å². The quantitative estimate of drug-likeness (QED) is 0.137. The Morgan fingerprint density at radius 3 is 1.82 bits per heavy atom. The Morgan fingerprint density at radius 1 is 0.750 bits per heavy atom. The minimum absolute atomic E-state index is 0.0411. The van der Waals surface area contributed by atoms with Crippen molar-refractivity contribution < 1.29 is 10.2 Å². The molecule has 0 saturated carbocycles. The fraction of sp³-hybridized carbons (Fsp3) is 1.00. The largest absolute Gasteiger partial charge is 0.393 e. The van der Waals surface area contributed by atoms with Crippen molar-refractivity contribution in [1.29, 1.82) is 0 Å². The summed E-state index contributed by atoms with van der Waals surface area (Å²) in [5.74, 6) is 0. The standard InChI is InChI=1S/C22H42Cl4O2/c1-2-3-4-5-9-12-15-21(28)20(24)17-19(23)14-11-8-6-7-10-13-16-22(25,26)18-27/h19-21,27-28H,2-18H2,1H3/t19-,20+,21+/m0/s1. The number of hydrogen-bond donors (Lipinski definition) is 2. The summed E-state index contributed by atoms with van der Waals surface area (Å²) in [6, 6.07) is 0. The van der Waals surface area contributed by atoms with Crippen LogP contribution in [0.4, 0.5) is 0 Å². The van der Waals surface area contributed by atoms with Crippen LogP contribution in [-0.4, -0.2) is 38.0 Å². The molecule has 0 spiro atoms. The Hall–Kier alpha value is 1.08. The monoisotopic (exact) mass is 478 g/mol. The van der Waals surface area contributed by atoms with Crippen molar-refractivity contribution in [3.05, 3.63) is 0 Å². The van der Waals surface area contributed by atoms with E-state index < -0.39 is 10.4 Å². The van der Waals surface area contributed by atoms with Crippen LogP contribution in [0.5, 0.6) is 0 Å². The Labute approximate surface area is 193 Å². The molecule has 170 valence electrons. The van der Waals surface area contributed by atoms with Crippen molar-refractivity contribution in [1.82, 2.24) is 0 Å². The molecule has 0 fully saturated rings. The van der Waals surface area contributed by atoms with Crippen molar-refractivity contribution in [2.45, 2.75) is 131 Å². The molecule has 0 aromatic rings. The van der Waals surface area contributed by atoms with Gasteiger partial charge in [0.1, 0.15) is 4.33 Å². The third kappa shape index (κ3) is 17.9. The number of hydrogen-bond acceptors (Lipinski definition) is 2. The van der Waals surface area contributed by atoms with E-state index in [9.17, 15) is 5.11 Å². The minimum atomic E-state index is -0.983. The maximum absolute atomic E-state index is 10.2. The summed E-state index contributed by atoms with van der Waals surface area (Å²) in [5, 5.41) is 19.0. The second-order valence-electron chi connectivity index (χ2n) is 8.15. The fourth-order valence-corrected chi connectivity index (χ4v) is 4.42. The number of unbranched alkanes of at least 4 members (excludes halogenated alkanes) is 10. The third-order valence-electron chi connectivity index (χ3n) is 5.29. The van der Waals surface area contributed by atoms with E-state index in [0.717, 1.165) is 51.4 Å². The first kappa shape index (κ1) is 29.1. The van der Waals surface area contributed by atoms with Gasteiger partial charge < -0.3 is 10.2 Å². The summed E-state index contributed by atoms with van der Waals surface area (Å²) in [7, 11) is 0. The molecular weight excluding hydrogens is 438 g/mol. The Kier molecular flexibility index (Phi) is 19.5. The normalized spacial score (nSPS) is 15.5. The van der Waals surface area contributed by atoms with Gasteiger partial charge in [-0.2, -0.15) is 0 Å². The highest BCUT2D eigenvalue weighted by Gasteiger charge is 2.21. The second kappa shape index (κ2) is 18.8. The average molecular weight is 480 g/mol. The van der Waals surface area contributed by atoms with E-state index in [1.165, 1.54) is 38.5 Å². The smallest absolute Gasteiger partial charge is 0.141 e. The lowest BCUT2D eigenvalue weighted by Crippen LogP contribution is -2.24. The Morgan fingerprint density at radius 2 is 1.25 bits per heavy atom. The van der Waals surface area contributed by atoms with Gasteiger partial charge in [0.05, 0.1) is 18.1 Å². The van der Waals surface area contributed by atoms with E-state index in [2.05, 4.69) is 6.92 Å². The van der Waals surface area contributed by atoms with Gasteiger partial charge in [0.15, 0.2) is 0 Å². The highest BCUT2D eigenvalue weighted by atomic mass is 35.5. The zero-order valence-corrected chi connectivity index (χ0v) is 20.7. The number of rotatable bonds is 20. The molecule has 2 nitrogen and oxygen atoms in total. The van der Waals surface area contributed by atoms with Gasteiger partial charge in [-0.1, -0.05) is 107 Å². The maximum Gasteiger partial charge on any atom is 0.141 e. The lowest BCUT2D eigenvalue weighted by molar-refractivity contribution is 0.151. The van der Waals surface area contributed by atoms with Gasteiger partial charge in [-0.15, -0.1) is 23.2 Å². The first-order valence-electron chi connectivity index (χ1n) is 11.3. The summed E-state index contributed by atoms with van der Waals surface area (Å²) in [6.45, 7) is 2.03. The molecule has 0 radical (unpaired) electrons. The van der Waals surface area contributed by atoms with E-state index in [-0.39, 0.29) is 17.4 Å². The van der Waals surface area contributed by atoms with E-state index in [0.29, 0.717) is 12.8 Å². The predicted octanol–water partition coefficient (Wildman–Crippen LogP) is 7.99. The molecule has 0 amide bonds. The molecule has 0 heterocycles. The van der Waals surface area contributed by atoms with E-state index in [4.69, 9.17) is 51.5 Å². The summed E-state index contributed by atoms with van der Waals surface area (Å²) >= 11 is 24.6. The highest BCUT2D eigenvalue weighted by molar-refractivity contribution is 6.48. The lowest BCUT2D eigenvalue weighted by Gasteiger charge is -2.19. The molecule has 0 aliphatic rings. The summed E-state index contributed by atoms with van der Waals surface area (Å²) in [5.41, 5.74) is 0.